The Hall–Kier alpha value is -0.820. The van der Waals surface area contributed by atoms with Crippen LogP contribution in [-0.2, 0) is 16.6 Å². The molecule has 1 aliphatic heterocycles. The lowest BCUT2D eigenvalue weighted by Gasteiger charge is -2.34. The third-order valence-electron chi connectivity index (χ3n) is 4.87. The zero-order valence-corrected chi connectivity index (χ0v) is 19.4. The number of aliphatic imine (C=N–C) groups is 1. The fourth-order valence-corrected chi connectivity index (χ4v) is 3.29. The summed E-state index contributed by atoms with van der Waals surface area (Å²) in [6.07, 6.45) is 3.60. The predicted molar refractivity (Wildman–Crippen MR) is 122 cm³/mol. The van der Waals surface area contributed by atoms with E-state index in [1.54, 1.807) is 0 Å². The van der Waals surface area contributed by atoms with E-state index in [0.29, 0.717) is 6.10 Å². The van der Waals surface area contributed by atoms with Gasteiger partial charge in [-0.2, -0.15) is 0 Å². The first-order chi connectivity index (χ1) is 11.9. The number of benzene rings is 1. The minimum atomic E-state index is 0. The molecule has 148 valence electrons. The molecular weight excluding hydrogens is 437 g/mol. The summed E-state index contributed by atoms with van der Waals surface area (Å²) >= 11 is 0. The molecule has 0 bridgehead atoms. The normalized spacial score (nSPS) is 16.3. The molecule has 1 aromatic rings. The van der Waals surface area contributed by atoms with Crippen LogP contribution in [0.1, 0.15) is 51.7 Å². The summed E-state index contributed by atoms with van der Waals surface area (Å²) in [7, 11) is 1.87. The van der Waals surface area contributed by atoms with Gasteiger partial charge in [0.2, 0.25) is 0 Å². The lowest BCUT2D eigenvalue weighted by molar-refractivity contribution is 0.0264. The Morgan fingerprint density at radius 2 is 1.81 bits per heavy atom. The first kappa shape index (κ1) is 23.2. The molecule has 0 spiro atoms. The molecule has 0 saturated carbocycles. The van der Waals surface area contributed by atoms with Gasteiger partial charge in [-0.25, -0.2) is 0 Å². The Morgan fingerprint density at radius 1 is 1.19 bits per heavy atom. The summed E-state index contributed by atoms with van der Waals surface area (Å²) in [6.45, 7) is 12.6. The van der Waals surface area contributed by atoms with Crippen LogP contribution in [0.3, 0.4) is 0 Å². The molecule has 1 heterocycles. The number of hydrogen-bond acceptors (Lipinski definition) is 2. The second-order valence-corrected chi connectivity index (χ2v) is 7.81. The topological polar surface area (TPSA) is 36.9 Å². The highest BCUT2D eigenvalue weighted by molar-refractivity contribution is 14.0. The second kappa shape index (κ2) is 11.1. The molecule has 0 aromatic heterocycles. The number of rotatable bonds is 5. The van der Waals surface area contributed by atoms with Crippen LogP contribution in [0, 0.1) is 0 Å². The minimum Gasteiger partial charge on any atom is -0.378 e. The van der Waals surface area contributed by atoms with Gasteiger partial charge < -0.3 is 15.0 Å². The maximum Gasteiger partial charge on any atom is 0.193 e. The van der Waals surface area contributed by atoms with Crippen molar-refractivity contribution in [3.05, 3.63) is 35.4 Å². The summed E-state index contributed by atoms with van der Waals surface area (Å²) in [4.78, 5) is 6.80. The quantitative estimate of drug-likeness (QED) is 0.395. The molecule has 0 amide bonds. The van der Waals surface area contributed by atoms with Crippen LogP contribution in [0.15, 0.2) is 29.3 Å². The molecule has 0 unspecified atom stereocenters. The third-order valence-corrected chi connectivity index (χ3v) is 4.87. The lowest BCUT2D eigenvalue weighted by Crippen LogP contribution is -2.47. The van der Waals surface area contributed by atoms with Crippen molar-refractivity contribution in [2.75, 3.05) is 33.3 Å². The van der Waals surface area contributed by atoms with Crippen LogP contribution < -0.4 is 5.32 Å². The van der Waals surface area contributed by atoms with Crippen molar-refractivity contribution in [1.82, 2.24) is 10.2 Å². The van der Waals surface area contributed by atoms with E-state index >= 15 is 0 Å². The van der Waals surface area contributed by atoms with Gasteiger partial charge in [-0.3, -0.25) is 4.99 Å². The molecular formula is C21H36IN3O. The summed E-state index contributed by atoms with van der Waals surface area (Å²) in [5, 5.41) is 3.51. The van der Waals surface area contributed by atoms with Gasteiger partial charge in [0.25, 0.3) is 0 Å². The van der Waals surface area contributed by atoms with Crippen LogP contribution in [-0.4, -0.2) is 50.3 Å². The lowest BCUT2D eigenvalue weighted by atomic mass is 9.86. The Balaban J connectivity index is 0.00000338. The van der Waals surface area contributed by atoms with Gasteiger partial charge in [0.1, 0.15) is 0 Å². The van der Waals surface area contributed by atoms with Crippen molar-refractivity contribution in [1.29, 1.82) is 0 Å². The zero-order chi connectivity index (χ0) is 18.3. The van der Waals surface area contributed by atoms with Crippen molar-refractivity contribution in [2.24, 2.45) is 4.99 Å². The molecule has 4 nitrogen and oxygen atoms in total. The van der Waals surface area contributed by atoms with Crippen molar-refractivity contribution >= 4 is 29.9 Å². The fraction of sp³-hybridized carbons (Fsp3) is 0.667. The van der Waals surface area contributed by atoms with Crippen LogP contribution >= 0.6 is 24.0 Å². The molecule has 5 heteroatoms. The summed E-state index contributed by atoms with van der Waals surface area (Å²) < 4.78 is 5.73. The summed E-state index contributed by atoms with van der Waals surface area (Å²) in [6, 6.07) is 9.00. The average molecular weight is 473 g/mol. The Labute approximate surface area is 176 Å². The Morgan fingerprint density at radius 3 is 2.31 bits per heavy atom. The van der Waals surface area contributed by atoms with E-state index in [2.05, 4.69) is 67.2 Å². The van der Waals surface area contributed by atoms with E-state index in [1.807, 2.05) is 7.05 Å². The van der Waals surface area contributed by atoms with Crippen LogP contribution in [0.5, 0.6) is 0 Å². The predicted octanol–water partition coefficient (Wildman–Crippen LogP) is 4.22. The van der Waals surface area contributed by atoms with Gasteiger partial charge in [-0.1, -0.05) is 45.0 Å². The maximum atomic E-state index is 5.73. The number of ether oxygens (including phenoxy) is 1. The molecule has 1 N–H and O–H groups in total. The molecule has 1 aliphatic rings. The molecule has 26 heavy (non-hydrogen) atoms. The maximum absolute atomic E-state index is 5.73. The Bertz CT molecular complexity index is 543. The number of nitrogens with zero attached hydrogens (tertiary/aromatic N) is 2. The van der Waals surface area contributed by atoms with Crippen molar-refractivity contribution in [3.63, 3.8) is 0 Å². The first-order valence-corrected chi connectivity index (χ1v) is 9.60. The number of piperidine rings is 1. The van der Waals surface area contributed by atoms with Gasteiger partial charge in [0.15, 0.2) is 5.96 Å². The van der Waals surface area contributed by atoms with Crippen LogP contribution in [0.2, 0.25) is 0 Å². The fourth-order valence-electron chi connectivity index (χ4n) is 3.29. The molecule has 2 rings (SSSR count). The molecule has 0 radical (unpaired) electrons. The summed E-state index contributed by atoms with van der Waals surface area (Å²) in [5.41, 5.74) is 2.97. The molecule has 1 saturated heterocycles. The van der Waals surface area contributed by atoms with E-state index in [-0.39, 0.29) is 29.4 Å². The first-order valence-electron chi connectivity index (χ1n) is 9.60. The molecule has 1 aromatic carbocycles. The summed E-state index contributed by atoms with van der Waals surface area (Å²) in [5.74, 6) is 1.02. The van der Waals surface area contributed by atoms with Gasteiger partial charge in [-0.15, -0.1) is 24.0 Å². The molecule has 0 aliphatic carbocycles. The number of halogens is 1. The van der Waals surface area contributed by atoms with Crippen LogP contribution in [0.25, 0.3) is 0 Å². The molecule has 1 fully saturated rings. The highest BCUT2D eigenvalue weighted by atomic mass is 127. The molecule has 0 atom stereocenters. The van der Waals surface area contributed by atoms with Gasteiger partial charge in [-0.05, 0) is 42.7 Å². The number of nitrogens with one attached hydrogen (secondary N) is 1. The van der Waals surface area contributed by atoms with E-state index in [9.17, 15) is 0 Å². The smallest absolute Gasteiger partial charge is 0.193 e. The average Bonchev–Trinajstić information content (AvgIpc) is 2.60. The third kappa shape index (κ3) is 7.06. The van der Waals surface area contributed by atoms with Gasteiger partial charge in [0, 0.05) is 33.3 Å². The van der Waals surface area contributed by atoms with Gasteiger partial charge >= 0.3 is 0 Å². The second-order valence-electron chi connectivity index (χ2n) is 7.81. The monoisotopic (exact) mass is 473 g/mol. The van der Waals surface area contributed by atoms with Crippen molar-refractivity contribution in [2.45, 2.75) is 58.5 Å². The highest BCUT2D eigenvalue weighted by Crippen LogP contribution is 2.22. The van der Waals surface area contributed by atoms with E-state index in [4.69, 9.17) is 4.74 Å². The van der Waals surface area contributed by atoms with E-state index in [1.165, 1.54) is 11.1 Å². The van der Waals surface area contributed by atoms with Crippen LogP contribution in [0.4, 0.5) is 0 Å². The van der Waals surface area contributed by atoms with E-state index in [0.717, 1.165) is 51.5 Å². The number of guanidine groups is 1. The SMILES string of the molecule is CCOC1CCN(C(=NC)NCCc2ccc(C(C)(C)C)cc2)CC1.I. The number of hydrogen-bond donors (Lipinski definition) is 1. The number of likely N-dealkylation sites (tertiary alicyclic amines) is 1. The van der Waals surface area contributed by atoms with Crippen molar-refractivity contribution in [3.8, 4) is 0 Å². The van der Waals surface area contributed by atoms with E-state index < -0.39 is 0 Å². The standard InChI is InChI=1S/C21H35N3O.HI/c1-6-25-19-12-15-24(16-13-19)20(22-5)23-14-11-17-7-9-18(10-8-17)21(2,3)4;/h7-10,19H,6,11-16H2,1-5H3,(H,22,23);1H. The largest absolute Gasteiger partial charge is 0.378 e. The minimum absolute atomic E-state index is 0. The zero-order valence-electron chi connectivity index (χ0n) is 17.0. The Kier molecular flexibility index (Phi) is 9.93. The van der Waals surface area contributed by atoms with Crippen molar-refractivity contribution < 1.29 is 4.74 Å². The van der Waals surface area contributed by atoms with Gasteiger partial charge in [0.05, 0.1) is 6.10 Å². The highest BCUT2D eigenvalue weighted by Gasteiger charge is 2.21.